The number of nitrogens with zero attached hydrogens (tertiary/aromatic N) is 4. The van der Waals surface area contributed by atoms with Gasteiger partial charge in [0.2, 0.25) is 5.91 Å². The molecule has 0 atom stereocenters. The number of aliphatic imine (C=N–C) groups is 1. The van der Waals surface area contributed by atoms with Gasteiger partial charge in [-0.15, -0.1) is 24.0 Å². The summed E-state index contributed by atoms with van der Waals surface area (Å²) in [7, 11) is 5.24. The van der Waals surface area contributed by atoms with Crippen LogP contribution in [0.3, 0.4) is 0 Å². The van der Waals surface area contributed by atoms with Crippen LogP contribution in [0.15, 0.2) is 29.3 Å². The van der Waals surface area contributed by atoms with Gasteiger partial charge >= 0.3 is 0 Å². The highest BCUT2D eigenvalue weighted by Gasteiger charge is 2.20. The number of benzene rings is 1. The molecule has 1 amide bonds. The van der Waals surface area contributed by atoms with Gasteiger partial charge in [0, 0.05) is 58.0 Å². The van der Waals surface area contributed by atoms with Crippen LogP contribution >= 0.6 is 35.6 Å². The lowest BCUT2D eigenvalue weighted by molar-refractivity contribution is -0.127. The predicted molar refractivity (Wildman–Crippen MR) is 111 cm³/mol. The van der Waals surface area contributed by atoms with Gasteiger partial charge in [-0.3, -0.25) is 9.79 Å². The molecule has 0 bridgehead atoms. The van der Waals surface area contributed by atoms with Crippen LogP contribution in [-0.4, -0.2) is 75.5 Å². The Morgan fingerprint density at radius 1 is 1.29 bits per heavy atom. The van der Waals surface area contributed by atoms with Gasteiger partial charge in [0.15, 0.2) is 5.96 Å². The molecule has 1 aromatic rings. The summed E-state index contributed by atoms with van der Waals surface area (Å²) in [6.45, 7) is 3.74. The molecule has 24 heavy (non-hydrogen) atoms. The van der Waals surface area contributed by atoms with E-state index in [2.05, 4.69) is 26.2 Å². The number of carbonyl (C=O) groups is 1. The Kier molecular flexibility index (Phi) is 8.61. The maximum absolute atomic E-state index is 11.7. The normalized spacial score (nSPS) is 14.9. The van der Waals surface area contributed by atoms with Gasteiger partial charge in [-0.1, -0.05) is 17.7 Å². The lowest BCUT2D eigenvalue weighted by Gasteiger charge is -2.37. The Hall–Kier alpha value is -1.22. The third-order valence-corrected chi connectivity index (χ3v) is 4.10. The first-order valence-electron chi connectivity index (χ1n) is 7.67. The molecule has 1 aliphatic heterocycles. The van der Waals surface area contributed by atoms with E-state index < -0.39 is 0 Å². The maximum Gasteiger partial charge on any atom is 0.241 e. The van der Waals surface area contributed by atoms with E-state index in [1.165, 1.54) is 0 Å². The molecule has 1 N–H and O–H groups in total. The zero-order chi connectivity index (χ0) is 16.8. The number of hydrogen-bond acceptors (Lipinski definition) is 3. The first-order valence-corrected chi connectivity index (χ1v) is 8.05. The quantitative estimate of drug-likeness (QED) is 0.420. The first-order chi connectivity index (χ1) is 11.0. The van der Waals surface area contributed by atoms with Crippen molar-refractivity contribution in [3.63, 3.8) is 0 Å². The summed E-state index contributed by atoms with van der Waals surface area (Å²) >= 11 is 6.06. The Morgan fingerprint density at radius 3 is 2.50 bits per heavy atom. The summed E-state index contributed by atoms with van der Waals surface area (Å²) in [6, 6.07) is 7.91. The van der Waals surface area contributed by atoms with Crippen molar-refractivity contribution in [1.29, 1.82) is 0 Å². The lowest BCUT2D eigenvalue weighted by Crippen LogP contribution is -2.53. The Morgan fingerprint density at radius 2 is 1.96 bits per heavy atom. The van der Waals surface area contributed by atoms with Crippen LogP contribution in [-0.2, 0) is 4.79 Å². The minimum atomic E-state index is 0. The summed E-state index contributed by atoms with van der Waals surface area (Å²) in [4.78, 5) is 22.0. The van der Waals surface area contributed by atoms with Crippen LogP contribution in [0.5, 0.6) is 0 Å². The van der Waals surface area contributed by atoms with Crippen molar-refractivity contribution in [1.82, 2.24) is 15.1 Å². The van der Waals surface area contributed by atoms with E-state index in [0.717, 1.165) is 42.8 Å². The van der Waals surface area contributed by atoms with Crippen molar-refractivity contribution >= 4 is 53.1 Å². The number of nitrogens with one attached hydrogen (secondary N) is 1. The van der Waals surface area contributed by atoms with Crippen molar-refractivity contribution in [2.24, 2.45) is 4.99 Å². The smallest absolute Gasteiger partial charge is 0.241 e. The van der Waals surface area contributed by atoms with E-state index in [-0.39, 0.29) is 36.4 Å². The Balaban J connectivity index is 0.00000288. The van der Waals surface area contributed by atoms with Crippen molar-refractivity contribution in [2.75, 3.05) is 58.8 Å². The summed E-state index contributed by atoms with van der Waals surface area (Å²) in [5.74, 6) is 0.801. The number of hydrogen-bond donors (Lipinski definition) is 1. The average Bonchev–Trinajstić information content (AvgIpc) is 2.55. The predicted octanol–water partition coefficient (Wildman–Crippen LogP) is 1.74. The third kappa shape index (κ3) is 5.70. The molecule has 2 rings (SSSR count). The molecule has 0 spiro atoms. The molecule has 1 saturated heterocycles. The van der Waals surface area contributed by atoms with E-state index in [9.17, 15) is 4.79 Å². The molecular formula is C16H25ClIN5O. The van der Waals surface area contributed by atoms with E-state index in [1.807, 2.05) is 18.2 Å². The van der Waals surface area contributed by atoms with Gasteiger partial charge in [-0.25, -0.2) is 0 Å². The fraction of sp³-hybridized carbons (Fsp3) is 0.500. The van der Waals surface area contributed by atoms with E-state index in [1.54, 1.807) is 26.0 Å². The van der Waals surface area contributed by atoms with Gasteiger partial charge < -0.3 is 20.0 Å². The van der Waals surface area contributed by atoms with Crippen molar-refractivity contribution in [3.05, 3.63) is 29.3 Å². The van der Waals surface area contributed by atoms with E-state index in [0.29, 0.717) is 0 Å². The number of halogens is 2. The van der Waals surface area contributed by atoms with E-state index >= 15 is 0 Å². The van der Waals surface area contributed by atoms with Crippen molar-refractivity contribution in [3.8, 4) is 0 Å². The largest absolute Gasteiger partial charge is 0.368 e. The molecule has 1 aromatic carbocycles. The molecule has 1 aliphatic rings. The maximum atomic E-state index is 11.7. The fourth-order valence-electron chi connectivity index (χ4n) is 2.49. The molecule has 134 valence electrons. The highest BCUT2D eigenvalue weighted by atomic mass is 127. The molecule has 0 unspecified atom stereocenters. The summed E-state index contributed by atoms with van der Waals surface area (Å²) < 4.78 is 0. The molecule has 1 fully saturated rings. The van der Waals surface area contributed by atoms with Gasteiger partial charge in [0.1, 0.15) is 0 Å². The number of piperazine rings is 1. The molecule has 0 aliphatic carbocycles. The van der Waals surface area contributed by atoms with Crippen LogP contribution in [0.4, 0.5) is 5.69 Å². The monoisotopic (exact) mass is 465 g/mol. The summed E-state index contributed by atoms with van der Waals surface area (Å²) in [5, 5.41) is 3.88. The Labute approximate surface area is 165 Å². The zero-order valence-corrected chi connectivity index (χ0v) is 17.4. The van der Waals surface area contributed by atoms with Gasteiger partial charge in [0.25, 0.3) is 0 Å². The van der Waals surface area contributed by atoms with Crippen LogP contribution < -0.4 is 10.2 Å². The first kappa shape index (κ1) is 20.8. The fourth-order valence-corrected chi connectivity index (χ4v) is 2.68. The molecule has 1 heterocycles. The average molecular weight is 466 g/mol. The topological polar surface area (TPSA) is 51.2 Å². The minimum Gasteiger partial charge on any atom is -0.368 e. The molecular weight excluding hydrogens is 441 g/mol. The lowest BCUT2D eigenvalue weighted by atomic mass is 10.2. The summed E-state index contributed by atoms with van der Waals surface area (Å²) in [5.41, 5.74) is 1.14. The van der Waals surface area contributed by atoms with Gasteiger partial charge in [-0.05, 0) is 18.2 Å². The highest BCUT2D eigenvalue weighted by Crippen LogP contribution is 2.20. The number of amides is 1. The minimum absolute atomic E-state index is 0. The third-order valence-electron chi connectivity index (χ3n) is 3.86. The van der Waals surface area contributed by atoms with Gasteiger partial charge in [0.05, 0.1) is 6.54 Å². The number of rotatable bonds is 3. The second-order valence-electron chi connectivity index (χ2n) is 5.64. The number of carbonyl (C=O) groups excluding carboxylic acids is 1. The second-order valence-corrected chi connectivity index (χ2v) is 6.08. The number of guanidine groups is 1. The second kappa shape index (κ2) is 9.93. The number of anilines is 1. The van der Waals surface area contributed by atoms with Crippen LogP contribution in [0.25, 0.3) is 0 Å². The summed E-state index contributed by atoms with van der Waals surface area (Å²) in [6.07, 6.45) is 0. The molecule has 8 heteroatoms. The van der Waals surface area contributed by atoms with E-state index in [4.69, 9.17) is 11.6 Å². The van der Waals surface area contributed by atoms with Crippen molar-refractivity contribution < 1.29 is 4.79 Å². The van der Waals surface area contributed by atoms with Crippen LogP contribution in [0, 0.1) is 0 Å². The molecule has 0 aromatic heterocycles. The molecule has 6 nitrogen and oxygen atoms in total. The number of likely N-dealkylation sites (N-methyl/N-ethyl adjacent to an activating group) is 1. The van der Waals surface area contributed by atoms with Gasteiger partial charge in [-0.2, -0.15) is 0 Å². The Bertz CT molecular complexity index is 573. The molecule has 0 saturated carbocycles. The molecule has 0 radical (unpaired) electrons. The highest BCUT2D eigenvalue weighted by molar-refractivity contribution is 14.0. The SMILES string of the molecule is CN=C(NCC(=O)N(C)C)N1CCN(c2cccc(Cl)c2)CC1.I. The van der Waals surface area contributed by atoms with Crippen molar-refractivity contribution in [2.45, 2.75) is 0 Å². The van der Waals surface area contributed by atoms with Crippen LogP contribution in [0.2, 0.25) is 5.02 Å². The van der Waals surface area contributed by atoms with Crippen LogP contribution in [0.1, 0.15) is 0 Å². The zero-order valence-electron chi connectivity index (χ0n) is 14.3. The standard InChI is InChI=1S/C16H24ClN5O.HI/c1-18-16(19-12-15(23)20(2)3)22-9-7-21(8-10-22)14-6-4-5-13(17)11-14;/h4-6,11H,7-10,12H2,1-3H3,(H,18,19);1H.